The minimum Gasteiger partial charge on any atom is -0.508 e. The van der Waals surface area contributed by atoms with Crippen molar-refractivity contribution in [3.8, 4) is 84.8 Å². The Bertz CT molecular complexity index is 6600. The molecule has 19 rings (SSSR count). The summed E-state index contributed by atoms with van der Waals surface area (Å²) in [4.78, 5) is 48.8. The van der Waals surface area contributed by atoms with Gasteiger partial charge in [0.05, 0.1) is 44.0 Å². The fourth-order valence-electron chi connectivity index (χ4n) is 12.6. The summed E-state index contributed by atoms with van der Waals surface area (Å²) in [6.45, 7) is 3.77. The number of phenols is 3. The summed E-state index contributed by atoms with van der Waals surface area (Å²) in [5.74, 6) is 0.0596. The average molecular weight is 1560 g/mol. The number of nitrogens with one attached hydrogen (secondary N) is 1. The number of nitrogens with two attached hydrogens (primary N) is 6. The second kappa shape index (κ2) is 30.8. The second-order valence-corrected chi connectivity index (χ2v) is 26.1. The number of phenolic OH excluding ortho intramolecular Hbond substituents is 3. The molecule has 16 N–H and O–H groups in total. The topological polar surface area (TPSA) is 507 Å². The normalized spacial score (nSPS) is 11.1. The molecule has 0 bridgehead atoms. The predicted molar refractivity (Wildman–Crippen MR) is 426 cm³/mol. The number of aromatic hydroxyl groups is 3. The van der Waals surface area contributed by atoms with Crippen molar-refractivity contribution in [2.45, 2.75) is 13.8 Å². The summed E-state index contributed by atoms with van der Waals surface area (Å²) >= 11 is 5.94. The molecule has 0 radical (unpaired) electrons. The second-order valence-electron chi connectivity index (χ2n) is 25.6. The lowest BCUT2D eigenvalue weighted by atomic mass is 10.1. The van der Waals surface area contributed by atoms with Crippen LogP contribution in [0.3, 0.4) is 0 Å². The number of aromatic nitrogens is 26. The van der Waals surface area contributed by atoms with E-state index in [9.17, 15) is 28.5 Å². The van der Waals surface area contributed by atoms with E-state index in [1.54, 1.807) is 89.0 Å². The van der Waals surface area contributed by atoms with Crippen LogP contribution in [-0.2, 0) is 42.3 Å². The molecule has 0 unspecified atom stereocenters. The predicted octanol–water partition coefficient (Wildman–Crippen LogP) is 10.4. The summed E-state index contributed by atoms with van der Waals surface area (Å²) in [5, 5.41) is 67.0. The van der Waals surface area contributed by atoms with Crippen molar-refractivity contribution >= 4 is 124 Å². The summed E-state index contributed by atoms with van der Waals surface area (Å²) in [7, 11) is 10.7. The molecule has 0 spiro atoms. The van der Waals surface area contributed by atoms with Crippen LogP contribution in [0.2, 0.25) is 5.02 Å². The average Bonchev–Trinajstić information content (AvgIpc) is 1.64. The minimum absolute atomic E-state index is 0.0664. The number of benzene rings is 6. The molecule has 13 heterocycles. The van der Waals surface area contributed by atoms with Crippen molar-refractivity contribution in [1.29, 1.82) is 0 Å². The molecule has 19 aromatic rings. The van der Waals surface area contributed by atoms with Crippen LogP contribution in [0.15, 0.2) is 159 Å². The van der Waals surface area contributed by atoms with Crippen LogP contribution < -0.4 is 34.4 Å². The summed E-state index contributed by atoms with van der Waals surface area (Å²) in [6, 6.07) is 31.6. The maximum absolute atomic E-state index is 13.7. The maximum Gasteiger partial charge on any atom is 0.165 e. The molecule has 114 heavy (non-hydrogen) atoms. The lowest BCUT2D eigenvalue weighted by molar-refractivity contribution is 0.432. The quantitative estimate of drug-likeness (QED) is 0.0739. The molecule has 0 saturated carbocycles. The van der Waals surface area contributed by atoms with Gasteiger partial charge in [0.2, 0.25) is 0 Å². The zero-order valence-corrected chi connectivity index (χ0v) is 62.3. The van der Waals surface area contributed by atoms with E-state index in [1.165, 1.54) is 84.6 Å². The Hall–Kier alpha value is -15.6. The van der Waals surface area contributed by atoms with Gasteiger partial charge < -0.3 is 49.7 Å². The van der Waals surface area contributed by atoms with Crippen LogP contribution in [0.4, 0.5) is 48.1 Å². The number of H-pyrrole nitrogens is 1. The van der Waals surface area contributed by atoms with Crippen LogP contribution in [0, 0.1) is 31.3 Å². The minimum atomic E-state index is -0.716. The molecule has 39 heteroatoms. The lowest BCUT2D eigenvalue weighted by Gasteiger charge is -2.01. The molecule has 0 amide bonds. The van der Waals surface area contributed by atoms with Gasteiger partial charge in [-0.1, -0.05) is 59.6 Å². The van der Waals surface area contributed by atoms with E-state index >= 15 is 0 Å². The van der Waals surface area contributed by atoms with Crippen molar-refractivity contribution in [3.05, 3.63) is 193 Å². The van der Waals surface area contributed by atoms with Crippen molar-refractivity contribution in [2.75, 3.05) is 34.4 Å². The van der Waals surface area contributed by atoms with Gasteiger partial charge in [0.15, 0.2) is 45.4 Å². The zero-order valence-electron chi connectivity index (χ0n) is 61.5. The highest BCUT2D eigenvalue weighted by Crippen LogP contribution is 2.38. The monoisotopic (exact) mass is 1550 g/mol. The number of aromatic amines is 1. The molecular weight excluding hydrogens is 1490 g/mol. The molecule has 6 aromatic carbocycles. The van der Waals surface area contributed by atoms with Gasteiger partial charge in [0.1, 0.15) is 130 Å². The fourth-order valence-corrected chi connectivity index (χ4v) is 12.8. The Balaban J connectivity index is 0.000000113. The fraction of sp³-hybridized carbons (Fsp3) is 0.107. The van der Waals surface area contributed by atoms with Gasteiger partial charge in [0.25, 0.3) is 0 Å². The third-order valence-electron chi connectivity index (χ3n) is 17.9. The Labute approximate surface area is 646 Å². The van der Waals surface area contributed by atoms with Gasteiger partial charge in [-0.15, -0.1) is 0 Å². The molecule has 0 aliphatic carbocycles. The van der Waals surface area contributed by atoms with Gasteiger partial charge in [-0.25, -0.2) is 101 Å². The van der Waals surface area contributed by atoms with E-state index in [0.29, 0.717) is 123 Å². The van der Waals surface area contributed by atoms with E-state index in [4.69, 9.17) is 46.0 Å². The first kappa shape index (κ1) is 75.2. The molecule has 0 aliphatic rings. The molecule has 572 valence electrons. The van der Waals surface area contributed by atoms with Gasteiger partial charge >= 0.3 is 0 Å². The molecule has 0 saturated heterocycles. The van der Waals surface area contributed by atoms with E-state index in [-0.39, 0.29) is 29.0 Å². The van der Waals surface area contributed by atoms with E-state index in [1.807, 2.05) is 50.5 Å². The number of nitrogens with zero attached hydrogens (tertiary/aromatic N) is 25. The number of aryl methyl sites for hydroxylation is 8. The van der Waals surface area contributed by atoms with Crippen molar-refractivity contribution in [3.63, 3.8) is 0 Å². The standard InChI is InChI=1S/C13H12FN5.C13H11N7.C13H13N5.C12H10ClN5O.2C12H10FN5O/c1-7-3-4-8(5-9(7)14)11-10-12(15)16-6-17-13(10)19(2)18-11;1-20-13-10(12(14)15-6-16-13)11(19-20)7-2-3-8-5-17-18-9(8)4-7;1-8-4-3-5-9(6-8)11-10-12(14)15-7-16-13(10)18(2)17-11;2*1-18-12-9(11(14)15-5-16-12)10(17-18)6-2-7(13)4-8(19)3-6;1-18-12-9(11(14)15-5-16-12)10(17-18)6-2-3-8(19)7(13)4-6/h3-6H,1-2H3,(H2,15,16,17);2-6H,1H3,(H,17,18)(H2,14,15,16);3-7H,1-2H3,(H2,14,15,16);3*2-5,19H,1H3,(H2,14,15,16). The maximum atomic E-state index is 13.7. The molecular formula is C75H66ClF3N32O3. The third kappa shape index (κ3) is 14.8. The highest BCUT2D eigenvalue weighted by molar-refractivity contribution is 6.31. The van der Waals surface area contributed by atoms with Crippen molar-refractivity contribution in [1.82, 2.24) is 129 Å². The molecule has 35 nitrogen and oxygen atoms in total. The van der Waals surface area contributed by atoms with Crippen LogP contribution in [0.25, 0.3) is 145 Å². The number of anilines is 6. The molecule has 13 aromatic heterocycles. The summed E-state index contributed by atoms with van der Waals surface area (Å²) < 4.78 is 50.2. The zero-order chi connectivity index (χ0) is 80.7. The Morgan fingerprint density at radius 2 is 0.693 bits per heavy atom. The van der Waals surface area contributed by atoms with Crippen LogP contribution in [0.1, 0.15) is 11.1 Å². The van der Waals surface area contributed by atoms with Crippen LogP contribution >= 0.6 is 11.6 Å². The summed E-state index contributed by atoms with van der Waals surface area (Å²) in [6.07, 6.45) is 10.2. The van der Waals surface area contributed by atoms with Crippen molar-refractivity contribution < 1.29 is 28.5 Å². The number of hydrogen-bond acceptors (Lipinski definition) is 28. The largest absolute Gasteiger partial charge is 0.508 e. The van der Waals surface area contributed by atoms with Gasteiger partial charge in [0, 0.05) is 92.1 Å². The van der Waals surface area contributed by atoms with Gasteiger partial charge in [-0.2, -0.15) is 35.7 Å². The van der Waals surface area contributed by atoms with E-state index in [0.717, 1.165) is 61.6 Å². The lowest BCUT2D eigenvalue weighted by Crippen LogP contribution is -1.95. The number of hydrogen-bond donors (Lipinski definition) is 10. The first-order valence-electron chi connectivity index (χ1n) is 34.0. The third-order valence-corrected chi connectivity index (χ3v) is 18.1. The van der Waals surface area contributed by atoms with Crippen molar-refractivity contribution in [2.24, 2.45) is 42.3 Å². The SMILES string of the molecule is Cc1ccc(-c2nn(C)c3ncnc(N)c23)cc1F.Cc1cccc(-c2nn(C)c3ncnc(N)c23)c1.Cn1nc(-c2cc(O)cc(Cl)c2)c2c(N)ncnc21.Cn1nc(-c2cc(O)cc(F)c2)c2c(N)ncnc21.Cn1nc(-c2ccc(O)c(F)c2)c2c(N)ncnc21.Cn1nc(-c2ccc3cn[nH]c3c2)c2c(N)ncnc21. The highest BCUT2D eigenvalue weighted by atomic mass is 35.5. The van der Waals surface area contributed by atoms with Gasteiger partial charge in [-0.05, 0) is 86.1 Å². The van der Waals surface area contributed by atoms with Gasteiger partial charge in [-0.3, -0.25) is 5.10 Å². The van der Waals surface area contributed by atoms with Crippen LogP contribution in [0.5, 0.6) is 17.2 Å². The number of halogens is 4. The van der Waals surface area contributed by atoms with Crippen LogP contribution in [-0.4, -0.2) is 144 Å². The number of rotatable bonds is 6. The van der Waals surface area contributed by atoms with E-state index in [2.05, 4.69) is 120 Å². The molecule has 0 atom stereocenters. The summed E-state index contributed by atoms with van der Waals surface area (Å²) in [5.41, 5.74) is 49.8. The highest BCUT2D eigenvalue weighted by Gasteiger charge is 2.23. The van der Waals surface area contributed by atoms with E-state index < -0.39 is 17.4 Å². The Morgan fingerprint density at radius 1 is 0.351 bits per heavy atom. The first-order chi connectivity index (χ1) is 54.7. The molecule has 0 fully saturated rings. The Kier molecular flexibility index (Phi) is 20.3. The molecule has 0 aliphatic heterocycles. The number of fused-ring (bicyclic) bond motifs is 7. The number of nitrogen functional groups attached to an aromatic ring is 6. The first-order valence-corrected chi connectivity index (χ1v) is 34.4. The smallest absolute Gasteiger partial charge is 0.165 e. The Morgan fingerprint density at radius 3 is 1.06 bits per heavy atom.